The summed E-state index contributed by atoms with van der Waals surface area (Å²) in [5.74, 6) is 1.08. The third-order valence-corrected chi connectivity index (χ3v) is 4.76. The van der Waals surface area contributed by atoms with Crippen LogP contribution in [0.15, 0.2) is 29.6 Å². The molecule has 0 spiro atoms. The molecular weight excluding hydrogens is 348 g/mol. The van der Waals surface area contributed by atoms with Crippen molar-refractivity contribution in [3.63, 3.8) is 0 Å². The molecule has 0 aliphatic carbocycles. The van der Waals surface area contributed by atoms with Crippen LogP contribution in [0.25, 0.3) is 10.2 Å². The fourth-order valence-electron chi connectivity index (χ4n) is 2.45. The SMILES string of the molecule is CC1(C)Oc2ccc(Nc3nc(Cl)nc4ccsc34)cc2NC1=O. The molecule has 1 amide bonds. The van der Waals surface area contributed by atoms with Crippen LogP contribution in [0.4, 0.5) is 17.2 Å². The zero-order chi connectivity index (χ0) is 16.9. The summed E-state index contributed by atoms with van der Waals surface area (Å²) in [4.78, 5) is 20.5. The van der Waals surface area contributed by atoms with E-state index in [0.717, 1.165) is 15.9 Å². The van der Waals surface area contributed by atoms with Crippen molar-refractivity contribution >= 4 is 56.3 Å². The second-order valence-corrected chi connectivity index (χ2v) is 7.13. The van der Waals surface area contributed by atoms with Crippen molar-refractivity contribution in [2.24, 2.45) is 0 Å². The number of hydrogen-bond donors (Lipinski definition) is 2. The average molecular weight is 361 g/mol. The number of carbonyl (C=O) groups is 1. The maximum Gasteiger partial charge on any atom is 0.268 e. The van der Waals surface area contributed by atoms with Gasteiger partial charge in [-0.25, -0.2) is 4.98 Å². The Morgan fingerprint density at radius 1 is 1.29 bits per heavy atom. The minimum atomic E-state index is -0.884. The van der Waals surface area contributed by atoms with Crippen molar-refractivity contribution in [3.8, 4) is 5.75 Å². The number of thiophene rings is 1. The summed E-state index contributed by atoms with van der Waals surface area (Å²) >= 11 is 7.51. The van der Waals surface area contributed by atoms with E-state index in [9.17, 15) is 4.79 Å². The lowest BCUT2D eigenvalue weighted by atomic mass is 10.1. The van der Waals surface area contributed by atoms with Gasteiger partial charge in [-0.15, -0.1) is 11.3 Å². The van der Waals surface area contributed by atoms with Gasteiger partial charge in [0.05, 0.1) is 15.9 Å². The van der Waals surface area contributed by atoms with E-state index in [4.69, 9.17) is 16.3 Å². The Labute approximate surface area is 146 Å². The van der Waals surface area contributed by atoms with E-state index in [1.54, 1.807) is 19.9 Å². The third-order valence-electron chi connectivity index (χ3n) is 3.68. The largest absolute Gasteiger partial charge is 0.476 e. The number of nitrogens with one attached hydrogen (secondary N) is 2. The summed E-state index contributed by atoms with van der Waals surface area (Å²) in [6.45, 7) is 3.46. The molecule has 8 heteroatoms. The Kier molecular flexibility index (Phi) is 3.36. The molecular formula is C16H13ClN4O2S. The summed E-state index contributed by atoms with van der Waals surface area (Å²) in [5.41, 5.74) is 1.29. The number of hydrogen-bond acceptors (Lipinski definition) is 6. The fourth-order valence-corrected chi connectivity index (χ4v) is 3.40. The Hall–Kier alpha value is -2.38. The highest BCUT2D eigenvalue weighted by atomic mass is 35.5. The summed E-state index contributed by atoms with van der Waals surface area (Å²) in [7, 11) is 0. The summed E-state index contributed by atoms with van der Waals surface area (Å²) in [5, 5.41) is 8.20. The normalized spacial score (nSPS) is 15.5. The molecule has 0 bridgehead atoms. The number of anilines is 3. The number of carbonyl (C=O) groups excluding carboxylic acids is 1. The molecule has 2 aromatic heterocycles. The van der Waals surface area contributed by atoms with Gasteiger partial charge in [-0.1, -0.05) is 0 Å². The van der Waals surface area contributed by atoms with Crippen LogP contribution < -0.4 is 15.4 Å². The average Bonchev–Trinajstić information content (AvgIpc) is 2.97. The number of nitrogens with zero attached hydrogens (tertiary/aromatic N) is 2. The van der Waals surface area contributed by atoms with E-state index in [-0.39, 0.29) is 11.2 Å². The molecule has 1 aromatic carbocycles. The van der Waals surface area contributed by atoms with Crippen LogP contribution in [-0.2, 0) is 4.79 Å². The van der Waals surface area contributed by atoms with Crippen LogP contribution in [-0.4, -0.2) is 21.5 Å². The maximum absolute atomic E-state index is 12.0. The Morgan fingerprint density at radius 3 is 2.96 bits per heavy atom. The first kappa shape index (κ1) is 15.2. The first-order valence-corrected chi connectivity index (χ1v) is 8.50. The standard InChI is InChI=1S/C16H13ClN4O2S/c1-16(2)14(22)19-10-7-8(3-4-11(10)23-16)18-13-12-9(5-6-24-12)20-15(17)21-13/h3-7H,1-2H3,(H,19,22)(H,18,20,21). The van der Waals surface area contributed by atoms with Gasteiger partial charge >= 0.3 is 0 Å². The van der Waals surface area contributed by atoms with Gasteiger partial charge in [0.1, 0.15) is 5.75 Å². The monoisotopic (exact) mass is 360 g/mol. The number of rotatable bonds is 2. The van der Waals surface area contributed by atoms with Crippen LogP contribution in [0.3, 0.4) is 0 Å². The highest BCUT2D eigenvalue weighted by Gasteiger charge is 2.35. The lowest BCUT2D eigenvalue weighted by Crippen LogP contribution is -2.45. The van der Waals surface area contributed by atoms with Crippen molar-refractivity contribution in [2.75, 3.05) is 10.6 Å². The highest BCUT2D eigenvalue weighted by molar-refractivity contribution is 7.17. The highest BCUT2D eigenvalue weighted by Crippen LogP contribution is 2.37. The molecule has 1 aliphatic rings. The molecule has 3 aromatic rings. The number of aromatic nitrogens is 2. The number of amides is 1. The smallest absolute Gasteiger partial charge is 0.268 e. The van der Waals surface area contributed by atoms with Gasteiger partial charge in [0.15, 0.2) is 11.4 Å². The van der Waals surface area contributed by atoms with Gasteiger partial charge in [0, 0.05) is 5.69 Å². The lowest BCUT2D eigenvalue weighted by molar-refractivity contribution is -0.129. The van der Waals surface area contributed by atoms with Gasteiger partial charge in [-0.3, -0.25) is 4.79 Å². The van der Waals surface area contributed by atoms with E-state index in [1.165, 1.54) is 11.3 Å². The van der Waals surface area contributed by atoms with Gasteiger partial charge in [-0.2, -0.15) is 4.98 Å². The summed E-state index contributed by atoms with van der Waals surface area (Å²) in [6.07, 6.45) is 0. The fraction of sp³-hybridized carbons (Fsp3) is 0.188. The molecule has 24 heavy (non-hydrogen) atoms. The Morgan fingerprint density at radius 2 is 2.12 bits per heavy atom. The molecule has 0 radical (unpaired) electrons. The molecule has 6 nitrogen and oxygen atoms in total. The Balaban J connectivity index is 1.70. The van der Waals surface area contributed by atoms with E-state index < -0.39 is 5.60 Å². The molecule has 0 fully saturated rings. The minimum Gasteiger partial charge on any atom is -0.476 e. The van der Waals surface area contributed by atoms with Crippen LogP contribution >= 0.6 is 22.9 Å². The van der Waals surface area contributed by atoms with Crippen LogP contribution in [0, 0.1) is 0 Å². The molecule has 1 aliphatic heterocycles. The van der Waals surface area contributed by atoms with Gasteiger partial charge in [0.2, 0.25) is 5.28 Å². The van der Waals surface area contributed by atoms with E-state index in [2.05, 4.69) is 20.6 Å². The zero-order valence-electron chi connectivity index (χ0n) is 12.9. The molecule has 0 unspecified atom stereocenters. The summed E-state index contributed by atoms with van der Waals surface area (Å²) < 4.78 is 6.64. The van der Waals surface area contributed by atoms with Crippen molar-refractivity contribution in [1.82, 2.24) is 9.97 Å². The van der Waals surface area contributed by atoms with E-state index >= 15 is 0 Å². The van der Waals surface area contributed by atoms with Gasteiger partial charge < -0.3 is 15.4 Å². The molecule has 0 saturated carbocycles. The molecule has 122 valence electrons. The quantitative estimate of drug-likeness (QED) is 0.670. The molecule has 0 atom stereocenters. The predicted octanol–water partition coefficient (Wildman–Crippen LogP) is 4.20. The lowest BCUT2D eigenvalue weighted by Gasteiger charge is -2.31. The van der Waals surface area contributed by atoms with Crippen molar-refractivity contribution in [2.45, 2.75) is 19.4 Å². The second-order valence-electron chi connectivity index (χ2n) is 5.88. The summed E-state index contributed by atoms with van der Waals surface area (Å²) in [6, 6.07) is 7.37. The van der Waals surface area contributed by atoms with Crippen LogP contribution in [0.2, 0.25) is 5.28 Å². The first-order valence-electron chi connectivity index (χ1n) is 7.25. The van der Waals surface area contributed by atoms with E-state index in [0.29, 0.717) is 17.3 Å². The Bertz CT molecular complexity index is 970. The predicted molar refractivity (Wildman–Crippen MR) is 95.5 cm³/mol. The van der Waals surface area contributed by atoms with Gasteiger partial charge in [-0.05, 0) is 55.1 Å². The number of benzene rings is 1. The topological polar surface area (TPSA) is 76.1 Å². The number of fused-ring (bicyclic) bond motifs is 2. The first-order chi connectivity index (χ1) is 11.4. The number of ether oxygens (including phenoxy) is 1. The molecule has 0 saturated heterocycles. The maximum atomic E-state index is 12.0. The number of halogens is 1. The van der Waals surface area contributed by atoms with Crippen molar-refractivity contribution in [1.29, 1.82) is 0 Å². The van der Waals surface area contributed by atoms with Crippen LogP contribution in [0.1, 0.15) is 13.8 Å². The van der Waals surface area contributed by atoms with Crippen LogP contribution in [0.5, 0.6) is 5.75 Å². The molecule has 2 N–H and O–H groups in total. The van der Waals surface area contributed by atoms with Crippen molar-refractivity contribution in [3.05, 3.63) is 34.9 Å². The molecule has 4 rings (SSSR count). The minimum absolute atomic E-state index is 0.180. The second kappa shape index (κ2) is 5.32. The van der Waals surface area contributed by atoms with Crippen molar-refractivity contribution < 1.29 is 9.53 Å². The molecule has 3 heterocycles. The van der Waals surface area contributed by atoms with Gasteiger partial charge in [0.25, 0.3) is 5.91 Å². The van der Waals surface area contributed by atoms with E-state index in [1.807, 2.05) is 23.6 Å². The third kappa shape index (κ3) is 2.55. The zero-order valence-corrected chi connectivity index (χ0v) is 14.5.